The average molecular weight is 445 g/mol. The first-order valence-corrected chi connectivity index (χ1v) is 11.4. The Hall–Kier alpha value is -3.60. The Bertz CT molecular complexity index is 1000. The Balaban J connectivity index is 1.87. The van der Waals surface area contributed by atoms with Crippen molar-refractivity contribution in [2.45, 2.75) is 39.3 Å². The summed E-state index contributed by atoms with van der Waals surface area (Å²) in [6, 6.07) is 26.4. The Morgan fingerprint density at radius 2 is 1.52 bits per heavy atom. The molecule has 3 aromatic rings. The molecule has 3 aromatic carbocycles. The number of aryl methyl sites for hydroxylation is 1. The quantitative estimate of drug-likeness (QED) is 0.472. The summed E-state index contributed by atoms with van der Waals surface area (Å²) in [5, 5.41) is 2.98. The third kappa shape index (κ3) is 7.49. The number of hydrogen-bond donors (Lipinski definition) is 1. The highest BCUT2D eigenvalue weighted by atomic mass is 16.5. The van der Waals surface area contributed by atoms with E-state index in [0.29, 0.717) is 25.3 Å². The predicted octanol–water partition coefficient (Wildman–Crippen LogP) is 4.54. The zero-order chi connectivity index (χ0) is 23.5. The van der Waals surface area contributed by atoms with Crippen LogP contribution < -0.4 is 10.1 Å². The van der Waals surface area contributed by atoms with E-state index in [0.717, 1.165) is 23.1 Å². The molecule has 0 aromatic heterocycles. The number of nitrogens with one attached hydrogen (secondary N) is 1. The maximum absolute atomic E-state index is 13.4. The highest BCUT2D eigenvalue weighted by Gasteiger charge is 2.30. The second-order valence-corrected chi connectivity index (χ2v) is 8.11. The molecule has 3 rings (SSSR count). The van der Waals surface area contributed by atoms with E-state index in [9.17, 15) is 9.59 Å². The van der Waals surface area contributed by atoms with E-state index in [4.69, 9.17) is 4.74 Å². The summed E-state index contributed by atoms with van der Waals surface area (Å²) >= 11 is 0. The van der Waals surface area contributed by atoms with Gasteiger partial charge in [0, 0.05) is 19.5 Å². The number of ether oxygens (including phenoxy) is 1. The van der Waals surface area contributed by atoms with Gasteiger partial charge < -0.3 is 15.0 Å². The van der Waals surface area contributed by atoms with Crippen LogP contribution in [-0.4, -0.2) is 35.9 Å². The SMILES string of the molecule is CCCNC(=O)[C@@H](Cc1ccccc1)N(Cc1ccc(C)cc1)C(=O)COc1ccccc1. The first kappa shape index (κ1) is 24.1. The fourth-order valence-corrected chi connectivity index (χ4v) is 3.55. The van der Waals surface area contributed by atoms with Crippen molar-refractivity contribution in [3.8, 4) is 5.75 Å². The minimum Gasteiger partial charge on any atom is -0.484 e. The summed E-state index contributed by atoms with van der Waals surface area (Å²) < 4.78 is 5.74. The molecule has 0 aliphatic heterocycles. The predicted molar refractivity (Wildman–Crippen MR) is 131 cm³/mol. The van der Waals surface area contributed by atoms with Crippen LogP contribution in [0.1, 0.15) is 30.0 Å². The van der Waals surface area contributed by atoms with Crippen molar-refractivity contribution in [3.05, 3.63) is 102 Å². The van der Waals surface area contributed by atoms with Crippen LogP contribution in [0.4, 0.5) is 0 Å². The third-order valence-electron chi connectivity index (χ3n) is 5.40. The molecule has 0 aliphatic rings. The smallest absolute Gasteiger partial charge is 0.261 e. The van der Waals surface area contributed by atoms with Crippen molar-refractivity contribution in [2.75, 3.05) is 13.2 Å². The third-order valence-corrected chi connectivity index (χ3v) is 5.40. The minimum absolute atomic E-state index is 0.137. The highest BCUT2D eigenvalue weighted by molar-refractivity contribution is 5.88. The maximum atomic E-state index is 13.4. The van der Waals surface area contributed by atoms with Gasteiger partial charge in [0.15, 0.2) is 6.61 Å². The fourth-order valence-electron chi connectivity index (χ4n) is 3.55. The van der Waals surface area contributed by atoms with Crippen molar-refractivity contribution < 1.29 is 14.3 Å². The Morgan fingerprint density at radius 1 is 0.879 bits per heavy atom. The molecule has 2 amide bonds. The lowest BCUT2D eigenvalue weighted by Crippen LogP contribution is -2.51. The van der Waals surface area contributed by atoms with Crippen LogP contribution in [0.15, 0.2) is 84.9 Å². The molecule has 5 nitrogen and oxygen atoms in total. The van der Waals surface area contributed by atoms with Crippen molar-refractivity contribution in [2.24, 2.45) is 0 Å². The van der Waals surface area contributed by atoms with Gasteiger partial charge in [-0.3, -0.25) is 9.59 Å². The van der Waals surface area contributed by atoms with Crippen LogP contribution in [0.2, 0.25) is 0 Å². The lowest BCUT2D eigenvalue weighted by Gasteiger charge is -2.31. The lowest BCUT2D eigenvalue weighted by atomic mass is 10.0. The molecule has 0 saturated heterocycles. The Morgan fingerprint density at radius 3 is 2.15 bits per heavy atom. The lowest BCUT2D eigenvalue weighted by molar-refractivity contribution is -0.142. The number of rotatable bonds is 11. The first-order chi connectivity index (χ1) is 16.1. The molecule has 0 unspecified atom stereocenters. The van der Waals surface area contributed by atoms with Crippen molar-refractivity contribution in [1.29, 1.82) is 0 Å². The number of amides is 2. The summed E-state index contributed by atoms with van der Waals surface area (Å²) in [4.78, 5) is 28.3. The monoisotopic (exact) mass is 444 g/mol. The van der Waals surface area contributed by atoms with Gasteiger partial charge >= 0.3 is 0 Å². The van der Waals surface area contributed by atoms with Crippen LogP contribution in [0.3, 0.4) is 0 Å². The number of carbonyl (C=O) groups excluding carboxylic acids is 2. The molecule has 0 fully saturated rings. The number of benzene rings is 3. The van der Waals surface area contributed by atoms with Gasteiger partial charge in [-0.15, -0.1) is 0 Å². The van der Waals surface area contributed by atoms with E-state index < -0.39 is 6.04 Å². The molecule has 1 atom stereocenters. The van der Waals surface area contributed by atoms with Gasteiger partial charge in [-0.1, -0.05) is 85.3 Å². The first-order valence-electron chi connectivity index (χ1n) is 11.4. The van der Waals surface area contributed by atoms with Crippen molar-refractivity contribution >= 4 is 11.8 Å². The van der Waals surface area contributed by atoms with E-state index in [2.05, 4.69) is 5.32 Å². The van der Waals surface area contributed by atoms with E-state index in [-0.39, 0.29) is 18.4 Å². The van der Waals surface area contributed by atoms with Crippen molar-refractivity contribution in [1.82, 2.24) is 10.2 Å². The topological polar surface area (TPSA) is 58.6 Å². The fraction of sp³-hybridized carbons (Fsp3) is 0.286. The molecule has 0 spiro atoms. The Labute approximate surface area is 196 Å². The summed E-state index contributed by atoms with van der Waals surface area (Å²) in [7, 11) is 0. The van der Waals surface area contributed by atoms with Gasteiger partial charge in [-0.25, -0.2) is 0 Å². The minimum atomic E-state index is -0.646. The molecular formula is C28H32N2O3. The number of carbonyl (C=O) groups is 2. The van der Waals surface area contributed by atoms with Gasteiger partial charge in [-0.05, 0) is 36.6 Å². The zero-order valence-electron chi connectivity index (χ0n) is 19.4. The van der Waals surface area contributed by atoms with Gasteiger partial charge in [0.2, 0.25) is 5.91 Å². The Kier molecular flexibility index (Phi) is 9.07. The molecule has 0 bridgehead atoms. The normalized spacial score (nSPS) is 11.5. The molecule has 172 valence electrons. The molecule has 0 heterocycles. The van der Waals surface area contributed by atoms with Crippen LogP contribution in [0.25, 0.3) is 0 Å². The van der Waals surface area contributed by atoms with Crippen LogP contribution in [0, 0.1) is 6.92 Å². The van der Waals surface area contributed by atoms with Crippen LogP contribution >= 0.6 is 0 Å². The van der Waals surface area contributed by atoms with Crippen LogP contribution in [0.5, 0.6) is 5.75 Å². The molecule has 1 N–H and O–H groups in total. The average Bonchev–Trinajstić information content (AvgIpc) is 2.85. The molecule has 0 saturated carbocycles. The zero-order valence-corrected chi connectivity index (χ0v) is 19.4. The van der Waals surface area contributed by atoms with E-state index >= 15 is 0 Å². The second-order valence-electron chi connectivity index (χ2n) is 8.11. The molecule has 33 heavy (non-hydrogen) atoms. The maximum Gasteiger partial charge on any atom is 0.261 e. The largest absolute Gasteiger partial charge is 0.484 e. The van der Waals surface area contributed by atoms with Crippen molar-refractivity contribution in [3.63, 3.8) is 0 Å². The van der Waals surface area contributed by atoms with Gasteiger partial charge in [0.1, 0.15) is 11.8 Å². The number of para-hydroxylation sites is 1. The molecule has 0 aliphatic carbocycles. The molecule has 5 heteroatoms. The number of hydrogen-bond acceptors (Lipinski definition) is 3. The van der Waals surface area contributed by atoms with Gasteiger partial charge in [0.25, 0.3) is 5.91 Å². The van der Waals surface area contributed by atoms with Gasteiger partial charge in [-0.2, -0.15) is 0 Å². The van der Waals surface area contributed by atoms with Crippen LogP contribution in [-0.2, 0) is 22.6 Å². The van der Waals surface area contributed by atoms with E-state index in [1.807, 2.05) is 98.8 Å². The summed E-state index contributed by atoms with van der Waals surface area (Å²) in [6.07, 6.45) is 1.26. The molecular weight excluding hydrogens is 412 g/mol. The molecule has 0 radical (unpaired) electrons. The summed E-state index contributed by atoms with van der Waals surface area (Å²) in [5.74, 6) is 0.240. The van der Waals surface area contributed by atoms with Gasteiger partial charge in [0.05, 0.1) is 0 Å². The summed E-state index contributed by atoms with van der Waals surface area (Å²) in [5.41, 5.74) is 3.11. The van der Waals surface area contributed by atoms with E-state index in [1.54, 1.807) is 4.90 Å². The van der Waals surface area contributed by atoms with E-state index in [1.165, 1.54) is 0 Å². The number of nitrogens with zero attached hydrogens (tertiary/aromatic N) is 1. The standard InChI is InChI=1S/C28H32N2O3/c1-3-18-29-28(32)26(19-23-10-6-4-7-11-23)30(20-24-16-14-22(2)15-17-24)27(31)21-33-25-12-8-5-9-13-25/h4-17,26H,3,18-21H2,1-2H3,(H,29,32)/t26-/m1/s1. The second kappa shape index (κ2) is 12.4. The summed E-state index contributed by atoms with van der Waals surface area (Å²) in [6.45, 7) is 4.79. The highest BCUT2D eigenvalue weighted by Crippen LogP contribution is 2.16.